The van der Waals surface area contributed by atoms with E-state index in [0.29, 0.717) is 6.04 Å². The molecule has 0 aliphatic heterocycles. The minimum atomic E-state index is 0.523. The molecule has 0 spiro atoms. The van der Waals surface area contributed by atoms with Gasteiger partial charge >= 0.3 is 0 Å². The van der Waals surface area contributed by atoms with E-state index in [2.05, 4.69) is 6.92 Å². The molecule has 1 fully saturated rings. The zero-order chi connectivity index (χ0) is 10.2. The Morgan fingerprint density at radius 1 is 1.07 bits per heavy atom. The van der Waals surface area contributed by atoms with Crippen LogP contribution in [-0.2, 0) is 0 Å². The first-order valence-electron chi connectivity index (χ1n) is 6.60. The molecule has 1 nitrogen and oxygen atoms in total. The summed E-state index contributed by atoms with van der Waals surface area (Å²) in [5, 5.41) is 0. The second-order valence-electron chi connectivity index (χ2n) is 4.91. The predicted octanol–water partition coefficient (Wildman–Crippen LogP) is 3.86. The fourth-order valence-electron chi connectivity index (χ4n) is 2.26. The largest absolute Gasteiger partial charge is 0.327 e. The maximum absolute atomic E-state index is 6.12. The van der Waals surface area contributed by atoms with Gasteiger partial charge in [-0.1, -0.05) is 51.9 Å². The topological polar surface area (TPSA) is 26.0 Å². The fourth-order valence-corrected chi connectivity index (χ4v) is 2.26. The van der Waals surface area contributed by atoms with Crippen molar-refractivity contribution in [2.75, 3.05) is 0 Å². The first-order valence-corrected chi connectivity index (χ1v) is 6.60. The average molecular weight is 197 g/mol. The summed E-state index contributed by atoms with van der Waals surface area (Å²) in [5.74, 6) is 0.880. The van der Waals surface area contributed by atoms with Crippen molar-refractivity contribution in [2.45, 2.75) is 77.2 Å². The lowest BCUT2D eigenvalue weighted by Gasteiger charge is -2.31. The molecule has 1 unspecified atom stereocenters. The lowest BCUT2D eigenvalue weighted by molar-refractivity contribution is 0.249. The molecule has 1 heteroatoms. The van der Waals surface area contributed by atoms with E-state index in [4.69, 9.17) is 5.73 Å². The lowest BCUT2D eigenvalue weighted by atomic mass is 9.78. The molecule has 0 bridgehead atoms. The molecule has 1 aliphatic carbocycles. The highest BCUT2D eigenvalue weighted by molar-refractivity contribution is 4.79. The number of unbranched alkanes of at least 4 members (excludes halogenated alkanes) is 5. The molecular formula is C13H27N. The van der Waals surface area contributed by atoms with Gasteiger partial charge in [0, 0.05) is 6.04 Å². The first kappa shape index (κ1) is 12.0. The van der Waals surface area contributed by atoms with Gasteiger partial charge in [-0.2, -0.15) is 0 Å². The Morgan fingerprint density at radius 3 is 2.29 bits per heavy atom. The van der Waals surface area contributed by atoms with E-state index in [-0.39, 0.29) is 0 Å². The van der Waals surface area contributed by atoms with Crippen molar-refractivity contribution in [2.24, 2.45) is 11.7 Å². The average Bonchev–Trinajstić information content (AvgIpc) is 2.08. The van der Waals surface area contributed by atoms with Gasteiger partial charge in [0.15, 0.2) is 0 Å². The highest BCUT2D eigenvalue weighted by atomic mass is 14.7. The van der Waals surface area contributed by atoms with E-state index in [1.54, 1.807) is 0 Å². The third-order valence-electron chi connectivity index (χ3n) is 3.65. The molecule has 14 heavy (non-hydrogen) atoms. The van der Waals surface area contributed by atoms with Gasteiger partial charge in [-0.25, -0.2) is 0 Å². The summed E-state index contributed by atoms with van der Waals surface area (Å²) in [6, 6.07) is 0.523. The summed E-state index contributed by atoms with van der Waals surface area (Å²) in [4.78, 5) is 0. The fraction of sp³-hybridized carbons (Fsp3) is 1.00. The summed E-state index contributed by atoms with van der Waals surface area (Å²) in [7, 11) is 0. The Kier molecular flexibility index (Phi) is 6.25. The van der Waals surface area contributed by atoms with Crippen LogP contribution in [0.25, 0.3) is 0 Å². The Balaban J connectivity index is 1.82. The maximum Gasteiger partial charge on any atom is 0.00671 e. The van der Waals surface area contributed by atoms with E-state index in [9.17, 15) is 0 Å². The molecule has 0 aromatic heterocycles. The molecule has 0 saturated heterocycles. The maximum atomic E-state index is 6.12. The van der Waals surface area contributed by atoms with Crippen molar-refractivity contribution in [1.29, 1.82) is 0 Å². The van der Waals surface area contributed by atoms with Crippen LogP contribution >= 0.6 is 0 Å². The molecule has 0 radical (unpaired) electrons. The van der Waals surface area contributed by atoms with Crippen LogP contribution in [0.5, 0.6) is 0 Å². The zero-order valence-electron chi connectivity index (χ0n) is 9.80. The predicted molar refractivity (Wildman–Crippen MR) is 63.3 cm³/mol. The van der Waals surface area contributed by atoms with Gasteiger partial charge in [-0.3, -0.25) is 0 Å². The van der Waals surface area contributed by atoms with E-state index < -0.39 is 0 Å². The molecule has 1 saturated carbocycles. The van der Waals surface area contributed by atoms with Crippen LogP contribution in [0.1, 0.15) is 71.1 Å². The van der Waals surface area contributed by atoms with Crippen LogP contribution in [0.3, 0.4) is 0 Å². The zero-order valence-corrected chi connectivity index (χ0v) is 9.80. The van der Waals surface area contributed by atoms with Gasteiger partial charge in [0.05, 0.1) is 0 Å². The van der Waals surface area contributed by atoms with Crippen molar-refractivity contribution in [3.8, 4) is 0 Å². The SMILES string of the molecule is CCCCCCCCC(N)C1CCC1. The standard InChI is InChI=1S/C13H27N/c1-2-3-4-5-6-7-11-13(14)12-9-8-10-12/h12-13H,2-11,14H2,1H3. The van der Waals surface area contributed by atoms with E-state index in [0.717, 1.165) is 5.92 Å². The molecule has 1 atom stereocenters. The van der Waals surface area contributed by atoms with Crippen LogP contribution in [0.4, 0.5) is 0 Å². The van der Waals surface area contributed by atoms with E-state index in [1.165, 1.54) is 64.2 Å². The molecule has 0 aromatic carbocycles. The van der Waals surface area contributed by atoms with Gasteiger partial charge in [0.2, 0.25) is 0 Å². The summed E-state index contributed by atoms with van der Waals surface area (Å²) in [6.07, 6.45) is 13.9. The van der Waals surface area contributed by atoms with Crippen LogP contribution in [0, 0.1) is 5.92 Å². The normalized spacial score (nSPS) is 19.3. The molecule has 1 rings (SSSR count). The van der Waals surface area contributed by atoms with Crippen LogP contribution in [0.2, 0.25) is 0 Å². The number of hydrogen-bond acceptors (Lipinski definition) is 1. The van der Waals surface area contributed by atoms with Gasteiger partial charge in [0.1, 0.15) is 0 Å². The molecule has 0 amide bonds. The van der Waals surface area contributed by atoms with Crippen LogP contribution < -0.4 is 5.73 Å². The molecule has 0 heterocycles. The Bertz CT molecular complexity index is 129. The van der Waals surface area contributed by atoms with Gasteiger partial charge in [0.25, 0.3) is 0 Å². The number of nitrogens with two attached hydrogens (primary N) is 1. The van der Waals surface area contributed by atoms with Crippen molar-refractivity contribution in [3.63, 3.8) is 0 Å². The van der Waals surface area contributed by atoms with Crippen molar-refractivity contribution in [1.82, 2.24) is 0 Å². The van der Waals surface area contributed by atoms with Crippen molar-refractivity contribution in [3.05, 3.63) is 0 Å². The highest BCUT2D eigenvalue weighted by Gasteiger charge is 2.23. The van der Waals surface area contributed by atoms with Crippen LogP contribution in [-0.4, -0.2) is 6.04 Å². The second-order valence-corrected chi connectivity index (χ2v) is 4.91. The smallest absolute Gasteiger partial charge is 0.00671 e. The number of rotatable bonds is 8. The summed E-state index contributed by atoms with van der Waals surface area (Å²) >= 11 is 0. The summed E-state index contributed by atoms with van der Waals surface area (Å²) in [6.45, 7) is 2.27. The molecular weight excluding hydrogens is 170 g/mol. The van der Waals surface area contributed by atoms with Gasteiger partial charge < -0.3 is 5.73 Å². The molecule has 84 valence electrons. The third-order valence-corrected chi connectivity index (χ3v) is 3.65. The summed E-state index contributed by atoms with van der Waals surface area (Å²) < 4.78 is 0. The van der Waals surface area contributed by atoms with E-state index >= 15 is 0 Å². The second kappa shape index (κ2) is 7.28. The summed E-state index contributed by atoms with van der Waals surface area (Å²) in [5.41, 5.74) is 6.12. The Labute approximate surface area is 89.5 Å². The minimum absolute atomic E-state index is 0.523. The quantitative estimate of drug-likeness (QED) is 0.587. The monoisotopic (exact) mass is 197 g/mol. The van der Waals surface area contributed by atoms with Crippen molar-refractivity contribution < 1.29 is 0 Å². The number of hydrogen-bond donors (Lipinski definition) is 1. The Morgan fingerprint density at radius 2 is 1.71 bits per heavy atom. The third kappa shape index (κ3) is 4.45. The molecule has 0 aromatic rings. The molecule has 2 N–H and O–H groups in total. The Hall–Kier alpha value is -0.0400. The van der Waals surface area contributed by atoms with Crippen LogP contribution in [0.15, 0.2) is 0 Å². The molecule has 1 aliphatic rings. The van der Waals surface area contributed by atoms with Gasteiger partial charge in [-0.15, -0.1) is 0 Å². The minimum Gasteiger partial charge on any atom is -0.327 e. The highest BCUT2D eigenvalue weighted by Crippen LogP contribution is 2.30. The van der Waals surface area contributed by atoms with E-state index in [1.807, 2.05) is 0 Å². The van der Waals surface area contributed by atoms with Crippen molar-refractivity contribution >= 4 is 0 Å². The van der Waals surface area contributed by atoms with Gasteiger partial charge in [-0.05, 0) is 25.2 Å². The first-order chi connectivity index (χ1) is 6.84. The lowest BCUT2D eigenvalue weighted by Crippen LogP contribution is -2.34.